The zero-order valence-electron chi connectivity index (χ0n) is 13.0. The van der Waals surface area contributed by atoms with Crippen LogP contribution >= 0.6 is 0 Å². The zero-order valence-corrected chi connectivity index (χ0v) is 13.0. The van der Waals surface area contributed by atoms with Crippen LogP contribution in [0.25, 0.3) is 21.7 Å². The predicted molar refractivity (Wildman–Crippen MR) is 90.7 cm³/mol. The van der Waals surface area contributed by atoms with Crippen molar-refractivity contribution in [3.8, 4) is 5.75 Å². The molecule has 0 aliphatic heterocycles. The van der Waals surface area contributed by atoms with Gasteiger partial charge in [-0.1, -0.05) is 30.3 Å². The molecule has 0 atom stereocenters. The molecule has 4 rings (SSSR count). The molecule has 0 amide bonds. The Labute approximate surface area is 141 Å². The van der Waals surface area contributed by atoms with Crippen molar-refractivity contribution in [2.45, 2.75) is 6.61 Å². The van der Waals surface area contributed by atoms with E-state index >= 15 is 0 Å². The summed E-state index contributed by atoms with van der Waals surface area (Å²) >= 11 is 0. The summed E-state index contributed by atoms with van der Waals surface area (Å²) in [6.45, 7) is -0.0430. The first-order valence-electron chi connectivity index (χ1n) is 7.64. The average molecular weight is 338 g/mol. The maximum absolute atomic E-state index is 13.8. The normalized spacial score (nSPS) is 11.1. The number of hydrogen-bond acceptors (Lipinski definition) is 3. The van der Waals surface area contributed by atoms with Crippen LogP contribution in [-0.2, 0) is 6.61 Å². The smallest absolute Gasteiger partial charge is 0.336 e. The Bertz CT molecular complexity index is 1150. The SMILES string of the molecule is O=c1cc(COc2ccc(F)cc2F)c2c(ccc3ccccc32)o1. The zero-order chi connectivity index (χ0) is 17.4. The summed E-state index contributed by atoms with van der Waals surface area (Å²) in [7, 11) is 0. The van der Waals surface area contributed by atoms with Gasteiger partial charge < -0.3 is 9.15 Å². The third kappa shape index (κ3) is 2.85. The lowest BCUT2D eigenvalue weighted by atomic mass is 10.0. The van der Waals surface area contributed by atoms with Crippen molar-refractivity contribution in [1.82, 2.24) is 0 Å². The molecule has 0 N–H and O–H groups in total. The molecule has 3 nitrogen and oxygen atoms in total. The Kier molecular flexibility index (Phi) is 3.69. The molecule has 4 aromatic rings. The molecular weight excluding hydrogens is 326 g/mol. The van der Waals surface area contributed by atoms with Crippen LogP contribution in [0.4, 0.5) is 8.78 Å². The molecule has 5 heteroatoms. The van der Waals surface area contributed by atoms with E-state index < -0.39 is 17.3 Å². The van der Waals surface area contributed by atoms with Crippen molar-refractivity contribution in [3.05, 3.63) is 88.3 Å². The molecule has 25 heavy (non-hydrogen) atoms. The summed E-state index contributed by atoms with van der Waals surface area (Å²) in [5, 5.41) is 2.63. The minimum atomic E-state index is -0.794. The van der Waals surface area contributed by atoms with Crippen molar-refractivity contribution in [2.24, 2.45) is 0 Å². The van der Waals surface area contributed by atoms with Gasteiger partial charge in [0.1, 0.15) is 18.0 Å². The fourth-order valence-corrected chi connectivity index (χ4v) is 2.88. The van der Waals surface area contributed by atoms with Crippen LogP contribution in [0.1, 0.15) is 5.56 Å². The molecule has 0 radical (unpaired) electrons. The maximum atomic E-state index is 13.8. The number of rotatable bonds is 3. The minimum absolute atomic E-state index is 0.0430. The highest BCUT2D eigenvalue weighted by molar-refractivity contribution is 6.06. The summed E-state index contributed by atoms with van der Waals surface area (Å²) in [6.07, 6.45) is 0. The van der Waals surface area contributed by atoms with E-state index in [1.54, 1.807) is 6.07 Å². The molecule has 0 saturated carbocycles. The molecule has 0 bridgehead atoms. The lowest BCUT2D eigenvalue weighted by molar-refractivity contribution is 0.290. The monoisotopic (exact) mass is 338 g/mol. The summed E-state index contributed by atoms with van der Waals surface area (Å²) < 4.78 is 37.5. The first-order chi connectivity index (χ1) is 12.1. The van der Waals surface area contributed by atoms with Crippen molar-refractivity contribution in [3.63, 3.8) is 0 Å². The van der Waals surface area contributed by atoms with E-state index in [2.05, 4.69) is 0 Å². The average Bonchev–Trinajstić information content (AvgIpc) is 2.60. The van der Waals surface area contributed by atoms with Crippen LogP contribution < -0.4 is 10.4 Å². The fourth-order valence-electron chi connectivity index (χ4n) is 2.88. The standard InChI is InChI=1S/C20H12F2O3/c21-14-6-8-17(16(22)10-14)24-11-13-9-19(23)25-18-7-5-12-3-1-2-4-15(12)20(13)18/h1-10H,11H2. The third-order valence-corrected chi connectivity index (χ3v) is 3.99. The van der Waals surface area contributed by atoms with E-state index in [1.165, 1.54) is 12.1 Å². The first kappa shape index (κ1) is 15.3. The van der Waals surface area contributed by atoms with Crippen LogP contribution in [0, 0.1) is 11.6 Å². The summed E-state index contributed by atoms with van der Waals surface area (Å²) in [5.41, 5.74) is 0.497. The lowest BCUT2D eigenvalue weighted by Gasteiger charge is -2.11. The highest BCUT2D eigenvalue weighted by Crippen LogP contribution is 2.28. The number of benzene rings is 3. The topological polar surface area (TPSA) is 39.4 Å². The van der Waals surface area contributed by atoms with Gasteiger partial charge in [-0.05, 0) is 29.0 Å². The number of halogens is 2. The van der Waals surface area contributed by atoms with Crippen LogP contribution in [-0.4, -0.2) is 0 Å². The van der Waals surface area contributed by atoms with E-state index in [1.807, 2.05) is 30.3 Å². The van der Waals surface area contributed by atoms with E-state index in [-0.39, 0.29) is 12.4 Å². The second-order valence-corrected chi connectivity index (χ2v) is 5.61. The molecule has 0 saturated heterocycles. The molecule has 0 spiro atoms. The van der Waals surface area contributed by atoms with Gasteiger partial charge in [0.05, 0.1) is 0 Å². The Morgan fingerprint density at radius 3 is 2.64 bits per heavy atom. The second kappa shape index (κ2) is 6.02. The van der Waals surface area contributed by atoms with Gasteiger partial charge in [-0.3, -0.25) is 0 Å². The molecule has 0 fully saturated rings. The van der Waals surface area contributed by atoms with Crippen molar-refractivity contribution in [2.75, 3.05) is 0 Å². The summed E-state index contributed by atoms with van der Waals surface area (Å²) in [6, 6.07) is 15.7. The molecule has 0 aliphatic rings. The van der Waals surface area contributed by atoms with Gasteiger partial charge in [0, 0.05) is 23.1 Å². The van der Waals surface area contributed by atoms with Crippen molar-refractivity contribution < 1.29 is 17.9 Å². The van der Waals surface area contributed by atoms with E-state index in [0.29, 0.717) is 11.1 Å². The van der Waals surface area contributed by atoms with Gasteiger partial charge in [-0.15, -0.1) is 0 Å². The summed E-state index contributed by atoms with van der Waals surface area (Å²) in [4.78, 5) is 11.8. The third-order valence-electron chi connectivity index (χ3n) is 3.99. The highest BCUT2D eigenvalue weighted by Gasteiger charge is 2.12. The van der Waals surface area contributed by atoms with Crippen LogP contribution in [0.3, 0.4) is 0 Å². The van der Waals surface area contributed by atoms with Crippen LogP contribution in [0.5, 0.6) is 5.75 Å². The molecule has 3 aromatic carbocycles. The lowest BCUT2D eigenvalue weighted by Crippen LogP contribution is -2.05. The van der Waals surface area contributed by atoms with E-state index in [9.17, 15) is 13.6 Å². The van der Waals surface area contributed by atoms with E-state index in [4.69, 9.17) is 9.15 Å². The van der Waals surface area contributed by atoms with Crippen molar-refractivity contribution >= 4 is 21.7 Å². The molecule has 0 aliphatic carbocycles. The van der Waals surface area contributed by atoms with Crippen molar-refractivity contribution in [1.29, 1.82) is 0 Å². The van der Waals surface area contributed by atoms with Crippen LogP contribution in [0.15, 0.2) is 69.9 Å². The van der Waals surface area contributed by atoms with Crippen LogP contribution in [0.2, 0.25) is 0 Å². The highest BCUT2D eigenvalue weighted by atomic mass is 19.1. The van der Waals surface area contributed by atoms with Gasteiger partial charge >= 0.3 is 5.63 Å². The number of ether oxygens (including phenoxy) is 1. The summed E-state index contributed by atoms with van der Waals surface area (Å²) in [5.74, 6) is -1.55. The van der Waals surface area contributed by atoms with Gasteiger partial charge in [0.15, 0.2) is 11.6 Å². The Morgan fingerprint density at radius 2 is 1.80 bits per heavy atom. The van der Waals surface area contributed by atoms with E-state index in [0.717, 1.165) is 28.3 Å². The minimum Gasteiger partial charge on any atom is -0.486 e. The second-order valence-electron chi connectivity index (χ2n) is 5.61. The van der Waals surface area contributed by atoms with Gasteiger partial charge in [-0.25, -0.2) is 13.6 Å². The molecule has 0 unspecified atom stereocenters. The largest absolute Gasteiger partial charge is 0.486 e. The number of fused-ring (bicyclic) bond motifs is 3. The fraction of sp³-hybridized carbons (Fsp3) is 0.0500. The Morgan fingerprint density at radius 1 is 0.960 bits per heavy atom. The molecular formula is C20H12F2O3. The quantitative estimate of drug-likeness (QED) is 0.398. The molecule has 1 heterocycles. The Hall–Kier alpha value is -3.21. The molecule has 124 valence electrons. The van der Waals surface area contributed by atoms with Gasteiger partial charge in [-0.2, -0.15) is 0 Å². The first-order valence-corrected chi connectivity index (χ1v) is 7.64. The number of hydrogen-bond donors (Lipinski definition) is 0. The van der Waals surface area contributed by atoms with Gasteiger partial charge in [0.2, 0.25) is 0 Å². The Balaban J connectivity index is 1.83. The predicted octanol–water partition coefficient (Wildman–Crippen LogP) is 4.80. The van der Waals surface area contributed by atoms with Gasteiger partial charge in [0.25, 0.3) is 0 Å². The molecule has 1 aromatic heterocycles. The maximum Gasteiger partial charge on any atom is 0.336 e.